The Hall–Kier alpha value is -2.97. The Morgan fingerprint density at radius 1 is 1.10 bits per heavy atom. The maximum atomic E-state index is 12.8. The van der Waals surface area contributed by atoms with Crippen LogP contribution in [0.5, 0.6) is 0 Å². The maximum Gasteiger partial charge on any atom is 0.262 e. The summed E-state index contributed by atoms with van der Waals surface area (Å²) in [5.41, 5.74) is 2.62. The fraction of sp³-hybridized carbons (Fsp3) is 0.273. The summed E-state index contributed by atoms with van der Waals surface area (Å²) in [6, 6.07) is 16.8. The van der Waals surface area contributed by atoms with Crippen LogP contribution in [0.25, 0.3) is 0 Å². The molecule has 1 fully saturated rings. The molecule has 156 valence electrons. The molecule has 1 aliphatic heterocycles. The van der Waals surface area contributed by atoms with E-state index in [-0.39, 0.29) is 22.9 Å². The molecule has 7 nitrogen and oxygen atoms in total. The molecular formula is C22H24N4O3S. The van der Waals surface area contributed by atoms with Gasteiger partial charge in [-0.15, -0.1) is 0 Å². The number of aromatic nitrogens is 2. The van der Waals surface area contributed by atoms with Gasteiger partial charge in [-0.05, 0) is 24.6 Å². The van der Waals surface area contributed by atoms with Gasteiger partial charge < -0.3 is 9.88 Å². The van der Waals surface area contributed by atoms with Crippen molar-refractivity contribution in [2.75, 3.05) is 13.1 Å². The van der Waals surface area contributed by atoms with Gasteiger partial charge in [0.15, 0.2) is 5.03 Å². The van der Waals surface area contributed by atoms with E-state index in [2.05, 4.69) is 10.3 Å². The average Bonchev–Trinajstić information content (AvgIpc) is 3.14. The molecule has 3 aromatic rings. The van der Waals surface area contributed by atoms with Crippen LogP contribution in [-0.2, 0) is 17.1 Å². The largest absolute Gasteiger partial charge is 0.345 e. The van der Waals surface area contributed by atoms with Gasteiger partial charge in [0.05, 0.1) is 12.4 Å². The molecule has 0 radical (unpaired) electrons. The standard InChI is InChI=1S/C22H24N4O3S/c1-16-8-10-18(11-9-16)22(27)24-21(17-6-4-3-5-7-17)19-12-26(13-19)30(28,29)20-14-25(2)15-23-20/h3-11,14-15,19,21H,12-13H2,1-2H3,(H,24,27). The Morgan fingerprint density at radius 3 is 2.37 bits per heavy atom. The number of imidazole rings is 1. The predicted molar refractivity (Wildman–Crippen MR) is 113 cm³/mol. The number of amides is 1. The second-order valence-corrected chi connectivity index (χ2v) is 9.57. The van der Waals surface area contributed by atoms with E-state index in [1.807, 2.05) is 49.4 Å². The van der Waals surface area contributed by atoms with Crippen LogP contribution in [0, 0.1) is 12.8 Å². The fourth-order valence-corrected chi connectivity index (χ4v) is 5.11. The fourth-order valence-electron chi connectivity index (χ4n) is 3.59. The molecule has 1 unspecified atom stereocenters. The lowest BCUT2D eigenvalue weighted by Gasteiger charge is -2.42. The zero-order chi connectivity index (χ0) is 21.3. The predicted octanol–water partition coefficient (Wildman–Crippen LogP) is 2.52. The summed E-state index contributed by atoms with van der Waals surface area (Å²) in [5.74, 6) is -0.199. The highest BCUT2D eigenvalue weighted by Crippen LogP contribution is 2.33. The molecule has 0 aliphatic carbocycles. The smallest absolute Gasteiger partial charge is 0.262 e. The Bertz CT molecular complexity index is 1130. The molecule has 1 amide bonds. The van der Waals surface area contributed by atoms with Crippen LogP contribution in [0.1, 0.15) is 27.5 Å². The molecule has 1 N–H and O–H groups in total. The summed E-state index contributed by atoms with van der Waals surface area (Å²) in [5, 5.41) is 3.15. The summed E-state index contributed by atoms with van der Waals surface area (Å²) in [7, 11) is -1.89. The van der Waals surface area contributed by atoms with Gasteiger partial charge in [0.2, 0.25) is 0 Å². The molecule has 1 aliphatic rings. The van der Waals surface area contributed by atoms with E-state index in [0.29, 0.717) is 18.7 Å². The molecule has 30 heavy (non-hydrogen) atoms. The van der Waals surface area contributed by atoms with E-state index in [1.165, 1.54) is 16.8 Å². The van der Waals surface area contributed by atoms with Crippen molar-refractivity contribution in [3.63, 3.8) is 0 Å². The van der Waals surface area contributed by atoms with E-state index >= 15 is 0 Å². The van der Waals surface area contributed by atoms with E-state index in [0.717, 1.165) is 11.1 Å². The van der Waals surface area contributed by atoms with Crippen molar-refractivity contribution in [1.29, 1.82) is 0 Å². The number of benzene rings is 2. The summed E-state index contributed by atoms with van der Waals surface area (Å²) in [6.07, 6.45) is 2.97. The lowest BCUT2D eigenvalue weighted by molar-refractivity contribution is 0.0871. The van der Waals surface area contributed by atoms with Gasteiger partial charge in [-0.3, -0.25) is 4.79 Å². The average molecular weight is 425 g/mol. The number of nitrogens with one attached hydrogen (secondary N) is 1. The van der Waals surface area contributed by atoms with Gasteiger partial charge in [-0.25, -0.2) is 13.4 Å². The molecule has 8 heteroatoms. The van der Waals surface area contributed by atoms with Crippen molar-refractivity contribution < 1.29 is 13.2 Å². The van der Waals surface area contributed by atoms with Crippen molar-refractivity contribution in [1.82, 2.24) is 19.2 Å². The number of aryl methyl sites for hydroxylation is 2. The highest BCUT2D eigenvalue weighted by molar-refractivity contribution is 7.89. The minimum atomic E-state index is -3.63. The summed E-state index contributed by atoms with van der Waals surface area (Å²) >= 11 is 0. The van der Waals surface area contributed by atoms with Crippen molar-refractivity contribution >= 4 is 15.9 Å². The molecule has 2 heterocycles. The monoisotopic (exact) mass is 424 g/mol. The SMILES string of the molecule is Cc1ccc(C(=O)NC(c2ccccc2)C2CN(S(=O)(=O)c3cn(C)cn3)C2)cc1. The second kappa shape index (κ2) is 8.04. The van der Waals surface area contributed by atoms with Crippen LogP contribution in [0.4, 0.5) is 0 Å². The molecule has 4 rings (SSSR count). The van der Waals surface area contributed by atoms with Crippen molar-refractivity contribution in [2.24, 2.45) is 13.0 Å². The van der Waals surface area contributed by atoms with Crippen molar-refractivity contribution in [3.8, 4) is 0 Å². The van der Waals surface area contributed by atoms with E-state index in [1.54, 1.807) is 23.7 Å². The van der Waals surface area contributed by atoms with E-state index in [9.17, 15) is 13.2 Å². The number of carbonyl (C=O) groups is 1. The van der Waals surface area contributed by atoms with Crippen LogP contribution in [0.15, 0.2) is 72.1 Å². The van der Waals surface area contributed by atoms with Crippen LogP contribution < -0.4 is 5.32 Å². The third-order valence-corrected chi connectivity index (χ3v) is 7.11. The number of rotatable bonds is 6. The number of carbonyl (C=O) groups excluding carboxylic acids is 1. The van der Waals surface area contributed by atoms with E-state index in [4.69, 9.17) is 0 Å². The van der Waals surface area contributed by atoms with Gasteiger partial charge >= 0.3 is 0 Å². The molecule has 0 saturated carbocycles. The van der Waals surface area contributed by atoms with E-state index < -0.39 is 10.0 Å². The first-order valence-electron chi connectivity index (χ1n) is 9.75. The lowest BCUT2D eigenvalue weighted by atomic mass is 9.88. The third-order valence-electron chi connectivity index (χ3n) is 5.39. The van der Waals surface area contributed by atoms with Gasteiger partial charge in [0.25, 0.3) is 15.9 Å². The Morgan fingerprint density at radius 2 is 1.77 bits per heavy atom. The Labute approximate surface area is 176 Å². The lowest BCUT2D eigenvalue weighted by Crippen LogP contribution is -2.54. The topological polar surface area (TPSA) is 84.3 Å². The Balaban J connectivity index is 1.52. The van der Waals surface area contributed by atoms with Crippen LogP contribution in [0.3, 0.4) is 0 Å². The van der Waals surface area contributed by atoms with Crippen molar-refractivity contribution in [3.05, 3.63) is 83.8 Å². The van der Waals surface area contributed by atoms with Gasteiger partial charge in [0, 0.05) is 37.8 Å². The normalized spacial score (nSPS) is 16.1. The zero-order valence-electron chi connectivity index (χ0n) is 16.9. The zero-order valence-corrected chi connectivity index (χ0v) is 17.7. The number of sulfonamides is 1. The highest BCUT2D eigenvalue weighted by Gasteiger charge is 2.42. The minimum absolute atomic E-state index is 0.0275. The number of nitrogens with zero attached hydrogens (tertiary/aromatic N) is 3. The first kappa shape index (κ1) is 20.3. The van der Waals surface area contributed by atoms with Crippen LogP contribution >= 0.6 is 0 Å². The van der Waals surface area contributed by atoms with Gasteiger partial charge in [0.1, 0.15) is 0 Å². The molecule has 1 atom stereocenters. The molecule has 2 aromatic carbocycles. The molecule has 1 aromatic heterocycles. The maximum absolute atomic E-state index is 12.8. The molecule has 0 bridgehead atoms. The summed E-state index contributed by atoms with van der Waals surface area (Å²) < 4.78 is 28.6. The van der Waals surface area contributed by atoms with Crippen LogP contribution in [-0.4, -0.2) is 41.3 Å². The first-order valence-corrected chi connectivity index (χ1v) is 11.2. The molecular weight excluding hydrogens is 400 g/mol. The highest BCUT2D eigenvalue weighted by atomic mass is 32.2. The van der Waals surface area contributed by atoms with Gasteiger partial charge in [-0.2, -0.15) is 4.31 Å². The molecule has 1 saturated heterocycles. The van der Waals surface area contributed by atoms with Crippen LogP contribution in [0.2, 0.25) is 0 Å². The number of hydrogen-bond donors (Lipinski definition) is 1. The minimum Gasteiger partial charge on any atom is -0.345 e. The van der Waals surface area contributed by atoms with Gasteiger partial charge in [-0.1, -0.05) is 48.0 Å². The second-order valence-electron chi connectivity index (χ2n) is 7.69. The third kappa shape index (κ3) is 4.01. The molecule has 0 spiro atoms. The summed E-state index contributed by atoms with van der Waals surface area (Å²) in [6.45, 7) is 2.62. The Kier molecular flexibility index (Phi) is 5.44. The first-order chi connectivity index (χ1) is 14.3. The number of hydrogen-bond acceptors (Lipinski definition) is 4. The van der Waals surface area contributed by atoms with Crippen molar-refractivity contribution in [2.45, 2.75) is 18.0 Å². The summed E-state index contributed by atoms with van der Waals surface area (Å²) in [4.78, 5) is 16.8. The quantitative estimate of drug-likeness (QED) is 0.659.